The molecule has 0 spiro atoms. The minimum Gasteiger partial charge on any atom is -0.467 e. The van der Waals surface area contributed by atoms with Crippen molar-refractivity contribution in [3.8, 4) is 0 Å². The normalized spacial score (nSPS) is 21.0. The summed E-state index contributed by atoms with van der Waals surface area (Å²) in [5.41, 5.74) is 0.878. The predicted octanol–water partition coefficient (Wildman–Crippen LogP) is 4.75. The minimum absolute atomic E-state index is 0.0297. The largest absolute Gasteiger partial charge is 0.467 e. The fourth-order valence-electron chi connectivity index (χ4n) is 4.36. The summed E-state index contributed by atoms with van der Waals surface area (Å²) in [6, 6.07) is 10.4. The molecule has 1 amide bonds. The molecule has 1 saturated heterocycles. The Bertz CT molecular complexity index is 1130. The number of carbonyl (C=O) groups excluding carboxylic acids is 1. The standard InChI is InChI=1S/C22H21ClF3N5O2/c23-18-19(21(32)30-10-8-29(9-11-30)14-5-2-1-3-6-14)28-31-17(22(24,25)26)13-15(27-20(18)31)16-7-4-12-33-16/h1-7,12,15,17,27H,8-11,13H2/t15-,17+/m0/s1. The molecule has 0 aliphatic carbocycles. The zero-order valence-corrected chi connectivity index (χ0v) is 18.2. The highest BCUT2D eigenvalue weighted by atomic mass is 35.5. The van der Waals surface area contributed by atoms with Crippen molar-refractivity contribution in [2.75, 3.05) is 36.4 Å². The van der Waals surface area contributed by atoms with E-state index >= 15 is 0 Å². The smallest absolute Gasteiger partial charge is 0.410 e. The van der Waals surface area contributed by atoms with Crippen molar-refractivity contribution in [1.29, 1.82) is 0 Å². The summed E-state index contributed by atoms with van der Waals surface area (Å²) in [5.74, 6) is -0.150. The SMILES string of the molecule is O=C(c1nn2c(c1Cl)N[C@H](c1ccco1)C[C@@H]2C(F)(F)F)N1CCN(c2ccccc2)CC1. The minimum atomic E-state index is -4.57. The van der Waals surface area contributed by atoms with Gasteiger partial charge in [0.15, 0.2) is 11.7 Å². The molecular weight excluding hydrogens is 459 g/mol. The lowest BCUT2D eigenvalue weighted by atomic mass is 10.0. The van der Waals surface area contributed by atoms with Gasteiger partial charge in [-0.2, -0.15) is 18.3 Å². The Balaban J connectivity index is 1.39. The lowest BCUT2D eigenvalue weighted by molar-refractivity contribution is -0.174. The Morgan fingerprint density at radius 2 is 1.82 bits per heavy atom. The van der Waals surface area contributed by atoms with Crippen molar-refractivity contribution in [2.45, 2.75) is 24.7 Å². The van der Waals surface area contributed by atoms with E-state index in [2.05, 4.69) is 15.3 Å². The summed E-state index contributed by atoms with van der Waals surface area (Å²) in [6.45, 7) is 2.03. The van der Waals surface area contributed by atoms with Gasteiger partial charge in [-0.15, -0.1) is 0 Å². The average molecular weight is 480 g/mol. The number of hydrogen-bond donors (Lipinski definition) is 1. The van der Waals surface area contributed by atoms with Crippen LogP contribution in [0.1, 0.15) is 34.8 Å². The van der Waals surface area contributed by atoms with E-state index in [1.165, 1.54) is 6.26 Å². The summed E-state index contributed by atoms with van der Waals surface area (Å²) < 4.78 is 47.7. The van der Waals surface area contributed by atoms with Crippen LogP contribution in [-0.2, 0) is 0 Å². The summed E-state index contributed by atoms with van der Waals surface area (Å²) in [6.07, 6.45) is -3.50. The van der Waals surface area contributed by atoms with Crippen molar-refractivity contribution in [3.05, 3.63) is 65.2 Å². The van der Waals surface area contributed by atoms with E-state index in [-0.39, 0.29) is 23.0 Å². The van der Waals surface area contributed by atoms with Crippen molar-refractivity contribution in [3.63, 3.8) is 0 Å². The highest BCUT2D eigenvalue weighted by Gasteiger charge is 2.48. The summed E-state index contributed by atoms with van der Waals surface area (Å²) >= 11 is 6.42. The van der Waals surface area contributed by atoms with Crippen LogP contribution in [0, 0.1) is 0 Å². The van der Waals surface area contributed by atoms with Gasteiger partial charge in [0.1, 0.15) is 16.6 Å². The highest BCUT2D eigenvalue weighted by molar-refractivity contribution is 6.36. The van der Waals surface area contributed by atoms with Gasteiger partial charge in [-0.1, -0.05) is 29.8 Å². The number of nitrogens with one attached hydrogen (secondary N) is 1. The van der Waals surface area contributed by atoms with Gasteiger partial charge in [-0.05, 0) is 24.3 Å². The molecule has 0 saturated carbocycles. The van der Waals surface area contributed by atoms with Gasteiger partial charge in [0, 0.05) is 38.3 Å². The molecule has 174 valence electrons. The number of aromatic nitrogens is 2. The van der Waals surface area contributed by atoms with Crippen LogP contribution in [-0.4, -0.2) is 52.9 Å². The molecule has 2 aromatic heterocycles. The maximum absolute atomic E-state index is 13.9. The molecule has 3 aromatic rings. The second-order valence-corrected chi connectivity index (χ2v) is 8.45. The Hall–Kier alpha value is -3.14. The molecule has 4 heterocycles. The number of carbonyl (C=O) groups is 1. The van der Waals surface area contributed by atoms with E-state index in [1.807, 2.05) is 30.3 Å². The van der Waals surface area contributed by atoms with Crippen molar-refractivity contribution < 1.29 is 22.4 Å². The number of furan rings is 1. The molecule has 33 heavy (non-hydrogen) atoms. The first-order valence-electron chi connectivity index (χ1n) is 10.6. The first kappa shape index (κ1) is 21.7. The molecule has 1 N–H and O–H groups in total. The second-order valence-electron chi connectivity index (χ2n) is 8.08. The van der Waals surface area contributed by atoms with Crippen LogP contribution in [0.2, 0.25) is 5.02 Å². The van der Waals surface area contributed by atoms with E-state index in [4.69, 9.17) is 16.0 Å². The highest BCUT2D eigenvalue weighted by Crippen LogP contribution is 2.46. The third-order valence-electron chi connectivity index (χ3n) is 6.07. The lowest BCUT2D eigenvalue weighted by Crippen LogP contribution is -2.49. The number of anilines is 2. The monoisotopic (exact) mass is 479 g/mol. The lowest BCUT2D eigenvalue weighted by Gasteiger charge is -2.35. The topological polar surface area (TPSA) is 66.5 Å². The molecule has 7 nitrogen and oxygen atoms in total. The predicted molar refractivity (Wildman–Crippen MR) is 117 cm³/mol. The third kappa shape index (κ3) is 4.03. The van der Waals surface area contributed by atoms with E-state index in [0.29, 0.717) is 31.9 Å². The molecule has 2 atom stereocenters. The fourth-order valence-corrected chi connectivity index (χ4v) is 4.62. The number of amides is 1. The average Bonchev–Trinajstić information content (AvgIpc) is 3.47. The summed E-state index contributed by atoms with van der Waals surface area (Å²) in [5, 5.41) is 6.89. The number of benzene rings is 1. The van der Waals surface area contributed by atoms with Crippen molar-refractivity contribution in [1.82, 2.24) is 14.7 Å². The summed E-state index contributed by atoms with van der Waals surface area (Å²) in [4.78, 5) is 16.9. The van der Waals surface area contributed by atoms with Crippen LogP contribution in [0.4, 0.5) is 24.7 Å². The number of para-hydroxylation sites is 1. The Labute approximate surface area is 192 Å². The van der Waals surface area contributed by atoms with Crippen LogP contribution in [0.3, 0.4) is 0 Å². The number of piperazine rings is 1. The van der Waals surface area contributed by atoms with E-state index in [1.54, 1.807) is 17.0 Å². The first-order valence-corrected chi connectivity index (χ1v) is 10.9. The molecule has 11 heteroatoms. The van der Waals surface area contributed by atoms with Crippen LogP contribution in [0.25, 0.3) is 0 Å². The van der Waals surface area contributed by atoms with Crippen molar-refractivity contribution >= 4 is 29.0 Å². The van der Waals surface area contributed by atoms with E-state index < -0.39 is 24.2 Å². The van der Waals surface area contributed by atoms with Gasteiger partial charge in [0.05, 0.1) is 12.3 Å². The number of halogens is 4. The fraction of sp³-hybridized carbons (Fsp3) is 0.364. The van der Waals surface area contributed by atoms with Crippen LogP contribution < -0.4 is 10.2 Å². The van der Waals surface area contributed by atoms with Crippen LogP contribution >= 0.6 is 11.6 Å². The molecular formula is C22H21ClF3N5O2. The Kier molecular flexibility index (Phi) is 5.48. The molecule has 5 rings (SSSR count). The third-order valence-corrected chi connectivity index (χ3v) is 6.43. The van der Waals surface area contributed by atoms with Crippen LogP contribution in [0.5, 0.6) is 0 Å². The molecule has 0 unspecified atom stereocenters. The molecule has 2 aliphatic rings. The van der Waals surface area contributed by atoms with Gasteiger partial charge in [-0.25, -0.2) is 4.68 Å². The molecule has 0 radical (unpaired) electrons. The quantitative estimate of drug-likeness (QED) is 0.587. The van der Waals surface area contributed by atoms with Gasteiger partial charge in [-0.3, -0.25) is 4.79 Å². The zero-order chi connectivity index (χ0) is 23.2. The second kappa shape index (κ2) is 8.33. The molecule has 0 bridgehead atoms. The van der Waals surface area contributed by atoms with Gasteiger partial charge in [0.2, 0.25) is 0 Å². The van der Waals surface area contributed by atoms with E-state index in [9.17, 15) is 18.0 Å². The van der Waals surface area contributed by atoms with Gasteiger partial charge >= 0.3 is 6.18 Å². The molecule has 1 aromatic carbocycles. The Morgan fingerprint density at radius 1 is 1.09 bits per heavy atom. The number of fused-ring (bicyclic) bond motifs is 1. The zero-order valence-electron chi connectivity index (χ0n) is 17.4. The number of nitrogens with zero attached hydrogens (tertiary/aromatic N) is 4. The molecule has 2 aliphatic heterocycles. The molecule has 1 fully saturated rings. The number of alkyl halides is 3. The van der Waals surface area contributed by atoms with Crippen LogP contribution in [0.15, 0.2) is 53.1 Å². The van der Waals surface area contributed by atoms with Crippen molar-refractivity contribution in [2.24, 2.45) is 0 Å². The maximum atomic E-state index is 13.9. The first-order chi connectivity index (χ1) is 15.8. The maximum Gasteiger partial charge on any atom is 0.410 e. The Morgan fingerprint density at radius 3 is 2.45 bits per heavy atom. The summed E-state index contributed by atoms with van der Waals surface area (Å²) in [7, 11) is 0. The van der Waals surface area contributed by atoms with E-state index in [0.717, 1.165) is 10.4 Å². The van der Waals surface area contributed by atoms with Gasteiger partial charge < -0.3 is 19.5 Å². The number of rotatable bonds is 3. The number of hydrogen-bond acceptors (Lipinski definition) is 5. The van der Waals surface area contributed by atoms with Gasteiger partial charge in [0.25, 0.3) is 5.91 Å².